The minimum atomic E-state index is 0.612. The number of aryl methyl sites for hydroxylation is 2. The summed E-state index contributed by atoms with van der Waals surface area (Å²) in [4.78, 5) is 8.95. The SMILES string of the molecule is CCCNc1cc(C)nc(Cn2nccc2C)n1. The standard InChI is InChI=1S/C13H19N5/c1-4-6-14-12-8-10(2)16-13(17-12)9-18-11(3)5-7-15-18/h5,7-8H,4,6,9H2,1-3H3,(H,14,16,17). The lowest BCUT2D eigenvalue weighted by Crippen LogP contribution is -2.10. The van der Waals surface area contributed by atoms with Gasteiger partial charge in [0.1, 0.15) is 12.4 Å². The molecule has 0 spiro atoms. The van der Waals surface area contributed by atoms with Gasteiger partial charge >= 0.3 is 0 Å². The van der Waals surface area contributed by atoms with Gasteiger partial charge in [-0.2, -0.15) is 5.10 Å². The van der Waals surface area contributed by atoms with Crippen LogP contribution >= 0.6 is 0 Å². The van der Waals surface area contributed by atoms with E-state index in [9.17, 15) is 0 Å². The van der Waals surface area contributed by atoms with E-state index in [1.165, 1.54) is 0 Å². The molecule has 2 aromatic heterocycles. The molecule has 5 nitrogen and oxygen atoms in total. The summed E-state index contributed by atoms with van der Waals surface area (Å²) >= 11 is 0. The van der Waals surface area contributed by atoms with Gasteiger partial charge < -0.3 is 5.32 Å². The summed E-state index contributed by atoms with van der Waals surface area (Å²) in [5.74, 6) is 1.68. The van der Waals surface area contributed by atoms with Crippen molar-refractivity contribution in [1.82, 2.24) is 19.7 Å². The minimum Gasteiger partial charge on any atom is -0.370 e. The Labute approximate surface area is 107 Å². The Balaban J connectivity index is 2.17. The molecule has 0 radical (unpaired) electrons. The molecule has 0 unspecified atom stereocenters. The summed E-state index contributed by atoms with van der Waals surface area (Å²) in [6, 6.07) is 3.95. The lowest BCUT2D eigenvalue weighted by Gasteiger charge is -2.08. The van der Waals surface area contributed by atoms with E-state index >= 15 is 0 Å². The van der Waals surface area contributed by atoms with Crippen LogP contribution in [0.1, 0.15) is 30.6 Å². The van der Waals surface area contributed by atoms with Crippen molar-refractivity contribution in [3.8, 4) is 0 Å². The van der Waals surface area contributed by atoms with Crippen LogP contribution in [0.25, 0.3) is 0 Å². The van der Waals surface area contributed by atoms with E-state index in [-0.39, 0.29) is 0 Å². The highest BCUT2D eigenvalue weighted by Crippen LogP contribution is 2.08. The fourth-order valence-corrected chi connectivity index (χ4v) is 1.74. The predicted octanol–water partition coefficient (Wildman–Crippen LogP) is 2.16. The number of nitrogens with one attached hydrogen (secondary N) is 1. The molecule has 0 aliphatic carbocycles. The van der Waals surface area contributed by atoms with Gasteiger partial charge in [-0.25, -0.2) is 9.97 Å². The molecule has 5 heteroatoms. The lowest BCUT2D eigenvalue weighted by molar-refractivity contribution is 0.635. The molecule has 18 heavy (non-hydrogen) atoms. The van der Waals surface area contributed by atoms with Crippen LogP contribution in [0.5, 0.6) is 0 Å². The summed E-state index contributed by atoms with van der Waals surface area (Å²) in [6.45, 7) is 7.68. The van der Waals surface area contributed by atoms with Crippen LogP contribution in [-0.4, -0.2) is 26.3 Å². The molecule has 0 atom stereocenters. The minimum absolute atomic E-state index is 0.612. The highest BCUT2D eigenvalue weighted by atomic mass is 15.3. The first-order chi connectivity index (χ1) is 8.69. The number of hydrogen-bond acceptors (Lipinski definition) is 4. The highest BCUT2D eigenvalue weighted by Gasteiger charge is 2.04. The molecule has 96 valence electrons. The topological polar surface area (TPSA) is 55.6 Å². The summed E-state index contributed by atoms with van der Waals surface area (Å²) in [5, 5.41) is 7.54. The van der Waals surface area contributed by atoms with Crippen molar-refractivity contribution in [3.05, 3.63) is 35.5 Å². The third-order valence-electron chi connectivity index (χ3n) is 2.68. The van der Waals surface area contributed by atoms with Crippen molar-refractivity contribution >= 4 is 5.82 Å². The fraction of sp³-hybridized carbons (Fsp3) is 0.462. The average Bonchev–Trinajstić information content (AvgIpc) is 2.72. The molecule has 2 heterocycles. The quantitative estimate of drug-likeness (QED) is 0.877. The Bertz CT molecular complexity index is 518. The third-order valence-corrected chi connectivity index (χ3v) is 2.68. The van der Waals surface area contributed by atoms with Gasteiger partial charge in [-0.15, -0.1) is 0 Å². The smallest absolute Gasteiger partial charge is 0.152 e. The maximum atomic E-state index is 4.50. The summed E-state index contributed by atoms with van der Waals surface area (Å²) in [5.41, 5.74) is 2.09. The second-order valence-corrected chi connectivity index (χ2v) is 4.37. The molecule has 0 aromatic carbocycles. The van der Waals surface area contributed by atoms with Gasteiger partial charge in [0.15, 0.2) is 5.82 Å². The van der Waals surface area contributed by atoms with E-state index in [0.717, 1.165) is 36.0 Å². The van der Waals surface area contributed by atoms with Crippen LogP contribution in [0, 0.1) is 13.8 Å². The van der Waals surface area contributed by atoms with Gasteiger partial charge in [0.2, 0.25) is 0 Å². The van der Waals surface area contributed by atoms with Crippen molar-refractivity contribution in [2.75, 3.05) is 11.9 Å². The zero-order valence-electron chi connectivity index (χ0n) is 11.1. The van der Waals surface area contributed by atoms with Crippen LogP contribution in [0.2, 0.25) is 0 Å². The van der Waals surface area contributed by atoms with Crippen LogP contribution in [0.15, 0.2) is 18.3 Å². The third kappa shape index (κ3) is 3.06. The Morgan fingerprint density at radius 1 is 1.28 bits per heavy atom. The molecule has 2 rings (SSSR count). The Hall–Kier alpha value is -1.91. The molecule has 0 aliphatic rings. The number of hydrogen-bond donors (Lipinski definition) is 1. The van der Waals surface area contributed by atoms with Gasteiger partial charge in [0, 0.05) is 30.2 Å². The fourth-order valence-electron chi connectivity index (χ4n) is 1.74. The largest absolute Gasteiger partial charge is 0.370 e. The Morgan fingerprint density at radius 3 is 2.78 bits per heavy atom. The Kier molecular flexibility index (Phi) is 3.92. The highest BCUT2D eigenvalue weighted by molar-refractivity contribution is 5.35. The summed E-state index contributed by atoms with van der Waals surface area (Å²) < 4.78 is 1.90. The number of anilines is 1. The van der Waals surface area contributed by atoms with E-state index < -0.39 is 0 Å². The van der Waals surface area contributed by atoms with Crippen molar-refractivity contribution in [2.45, 2.75) is 33.7 Å². The van der Waals surface area contributed by atoms with Crippen molar-refractivity contribution in [3.63, 3.8) is 0 Å². The van der Waals surface area contributed by atoms with E-state index in [1.54, 1.807) is 6.20 Å². The first-order valence-corrected chi connectivity index (χ1v) is 6.26. The molecule has 1 N–H and O–H groups in total. The molecule has 0 aliphatic heterocycles. The first kappa shape index (κ1) is 12.5. The zero-order chi connectivity index (χ0) is 13.0. The van der Waals surface area contributed by atoms with Gasteiger partial charge in [0.25, 0.3) is 0 Å². The molecule has 0 fully saturated rings. The van der Waals surface area contributed by atoms with Crippen LogP contribution in [-0.2, 0) is 6.54 Å². The monoisotopic (exact) mass is 245 g/mol. The van der Waals surface area contributed by atoms with E-state index in [1.807, 2.05) is 30.7 Å². The second-order valence-electron chi connectivity index (χ2n) is 4.37. The summed E-state index contributed by atoms with van der Waals surface area (Å²) in [7, 11) is 0. The molecule has 0 saturated heterocycles. The van der Waals surface area contributed by atoms with Crippen molar-refractivity contribution in [1.29, 1.82) is 0 Å². The lowest BCUT2D eigenvalue weighted by atomic mass is 10.4. The average molecular weight is 245 g/mol. The van der Waals surface area contributed by atoms with Gasteiger partial charge in [-0.3, -0.25) is 4.68 Å². The van der Waals surface area contributed by atoms with Crippen LogP contribution in [0.3, 0.4) is 0 Å². The zero-order valence-corrected chi connectivity index (χ0v) is 11.1. The van der Waals surface area contributed by atoms with E-state index in [4.69, 9.17) is 0 Å². The number of rotatable bonds is 5. The molecule has 0 saturated carbocycles. The molecule has 0 amide bonds. The second kappa shape index (κ2) is 5.62. The summed E-state index contributed by atoms with van der Waals surface area (Å²) in [6.07, 6.45) is 2.87. The molecular formula is C13H19N5. The van der Waals surface area contributed by atoms with Crippen LogP contribution in [0.4, 0.5) is 5.82 Å². The number of nitrogens with zero attached hydrogens (tertiary/aromatic N) is 4. The van der Waals surface area contributed by atoms with Gasteiger partial charge in [-0.1, -0.05) is 6.92 Å². The molecular weight excluding hydrogens is 226 g/mol. The van der Waals surface area contributed by atoms with Gasteiger partial charge in [0.05, 0.1) is 0 Å². The van der Waals surface area contributed by atoms with Crippen LogP contribution < -0.4 is 5.32 Å². The predicted molar refractivity (Wildman–Crippen MR) is 71.6 cm³/mol. The number of aromatic nitrogens is 4. The van der Waals surface area contributed by atoms with Gasteiger partial charge in [-0.05, 0) is 26.3 Å². The van der Waals surface area contributed by atoms with E-state index in [2.05, 4.69) is 27.3 Å². The normalized spacial score (nSPS) is 10.6. The first-order valence-electron chi connectivity index (χ1n) is 6.26. The maximum absolute atomic E-state index is 4.50. The maximum Gasteiger partial charge on any atom is 0.152 e. The van der Waals surface area contributed by atoms with Crippen molar-refractivity contribution < 1.29 is 0 Å². The van der Waals surface area contributed by atoms with Crippen molar-refractivity contribution in [2.24, 2.45) is 0 Å². The van der Waals surface area contributed by atoms with E-state index in [0.29, 0.717) is 6.54 Å². The molecule has 0 bridgehead atoms. The Morgan fingerprint density at radius 2 is 2.11 bits per heavy atom. The molecule has 2 aromatic rings.